The van der Waals surface area contributed by atoms with Crippen LogP contribution in [0.3, 0.4) is 0 Å². The van der Waals surface area contributed by atoms with Gasteiger partial charge in [-0.1, -0.05) is 6.92 Å². The third kappa shape index (κ3) is 3.07. The lowest BCUT2D eigenvalue weighted by molar-refractivity contribution is -0.142. The first-order valence-electron chi connectivity index (χ1n) is 7.11. The molecule has 7 heteroatoms. The Morgan fingerprint density at radius 1 is 1.52 bits per heavy atom. The summed E-state index contributed by atoms with van der Waals surface area (Å²) in [6.45, 7) is 3.57. The minimum atomic E-state index is -0.947. The number of methoxy groups -OCH3 is 1. The Hall–Kier alpha value is -1.89. The average molecular weight is 295 g/mol. The van der Waals surface area contributed by atoms with Crippen LogP contribution in [0.15, 0.2) is 12.5 Å². The maximum atomic E-state index is 12.1. The Bertz CT molecular complexity index is 514. The van der Waals surface area contributed by atoms with Crippen molar-refractivity contribution < 1.29 is 19.4 Å². The van der Waals surface area contributed by atoms with Gasteiger partial charge in [0.15, 0.2) is 0 Å². The van der Waals surface area contributed by atoms with Gasteiger partial charge >= 0.3 is 5.97 Å². The minimum Gasteiger partial charge on any atom is -0.481 e. The van der Waals surface area contributed by atoms with E-state index in [0.717, 1.165) is 18.7 Å². The van der Waals surface area contributed by atoms with Gasteiger partial charge in [0, 0.05) is 26.6 Å². The maximum Gasteiger partial charge on any atom is 0.309 e. The van der Waals surface area contributed by atoms with E-state index >= 15 is 0 Å². The van der Waals surface area contributed by atoms with E-state index in [2.05, 4.69) is 4.98 Å². The molecule has 1 saturated heterocycles. The molecule has 2 heterocycles. The van der Waals surface area contributed by atoms with Crippen molar-refractivity contribution in [1.29, 1.82) is 0 Å². The fourth-order valence-electron chi connectivity index (χ4n) is 2.84. The molecule has 0 radical (unpaired) electrons. The number of nitrogens with zero attached hydrogens (tertiary/aromatic N) is 3. The molecule has 2 atom stereocenters. The first-order chi connectivity index (χ1) is 10.1. The highest BCUT2D eigenvalue weighted by atomic mass is 16.5. The van der Waals surface area contributed by atoms with Crippen molar-refractivity contribution in [2.45, 2.75) is 32.4 Å². The standard InChI is InChI=1S/C14H21N3O4/c1-3-4-16-9-15-8-11(16)13-10(14(19)20)7-12(18)17(13)5-6-21-2/h8-10,13H,3-7H2,1-2H3,(H,19,20). The van der Waals surface area contributed by atoms with Crippen molar-refractivity contribution in [3.8, 4) is 0 Å². The SMILES string of the molecule is CCCn1cncc1C1C(C(=O)O)CC(=O)N1CCOC. The number of hydrogen-bond acceptors (Lipinski definition) is 4. The Kier molecular flexibility index (Phi) is 4.95. The smallest absolute Gasteiger partial charge is 0.309 e. The third-order valence-corrected chi connectivity index (χ3v) is 3.80. The van der Waals surface area contributed by atoms with Crippen LogP contribution in [0.2, 0.25) is 0 Å². The number of aryl methyl sites for hydroxylation is 1. The Morgan fingerprint density at radius 2 is 2.29 bits per heavy atom. The molecule has 1 aromatic heterocycles. The van der Waals surface area contributed by atoms with E-state index in [1.54, 1.807) is 24.5 Å². The van der Waals surface area contributed by atoms with E-state index in [4.69, 9.17) is 4.74 Å². The number of amides is 1. The summed E-state index contributed by atoms with van der Waals surface area (Å²) in [5.74, 6) is -1.83. The number of likely N-dealkylation sites (tertiary alicyclic amines) is 1. The van der Waals surface area contributed by atoms with Gasteiger partial charge in [-0.2, -0.15) is 0 Å². The van der Waals surface area contributed by atoms with Gasteiger partial charge in [-0.05, 0) is 6.42 Å². The number of ether oxygens (including phenoxy) is 1. The van der Waals surface area contributed by atoms with Crippen LogP contribution in [-0.4, -0.2) is 51.7 Å². The molecule has 2 unspecified atom stereocenters. The number of imidazole rings is 1. The predicted octanol–water partition coefficient (Wildman–Crippen LogP) is 0.914. The zero-order chi connectivity index (χ0) is 15.4. The molecule has 1 N–H and O–H groups in total. The fraction of sp³-hybridized carbons (Fsp3) is 0.643. The second-order valence-corrected chi connectivity index (χ2v) is 5.19. The molecule has 1 aliphatic rings. The number of carbonyl (C=O) groups excluding carboxylic acids is 1. The lowest BCUT2D eigenvalue weighted by Gasteiger charge is -2.27. The molecule has 0 aromatic carbocycles. The molecule has 0 saturated carbocycles. The molecule has 1 amide bonds. The highest BCUT2D eigenvalue weighted by molar-refractivity contribution is 5.87. The average Bonchev–Trinajstić information content (AvgIpc) is 3.01. The zero-order valence-corrected chi connectivity index (χ0v) is 12.4. The van der Waals surface area contributed by atoms with Gasteiger partial charge in [0.25, 0.3) is 0 Å². The molecule has 7 nitrogen and oxygen atoms in total. The van der Waals surface area contributed by atoms with E-state index < -0.39 is 17.9 Å². The van der Waals surface area contributed by atoms with Gasteiger partial charge in [-0.25, -0.2) is 4.98 Å². The van der Waals surface area contributed by atoms with Gasteiger partial charge in [-0.15, -0.1) is 0 Å². The topological polar surface area (TPSA) is 84.7 Å². The number of aromatic nitrogens is 2. The number of carboxylic acid groups (broad SMARTS) is 1. The summed E-state index contributed by atoms with van der Waals surface area (Å²) in [4.78, 5) is 29.4. The molecule has 0 spiro atoms. The highest BCUT2D eigenvalue weighted by Gasteiger charge is 2.45. The summed E-state index contributed by atoms with van der Waals surface area (Å²) >= 11 is 0. The summed E-state index contributed by atoms with van der Waals surface area (Å²) in [5, 5.41) is 9.42. The molecule has 2 rings (SSSR count). The zero-order valence-electron chi connectivity index (χ0n) is 12.4. The summed E-state index contributed by atoms with van der Waals surface area (Å²) in [7, 11) is 1.56. The molecule has 1 aliphatic heterocycles. The summed E-state index contributed by atoms with van der Waals surface area (Å²) in [6, 6.07) is -0.473. The van der Waals surface area contributed by atoms with E-state index in [9.17, 15) is 14.7 Å². The monoisotopic (exact) mass is 295 g/mol. The van der Waals surface area contributed by atoms with Crippen LogP contribution in [-0.2, 0) is 20.9 Å². The van der Waals surface area contributed by atoms with Crippen molar-refractivity contribution in [2.75, 3.05) is 20.3 Å². The van der Waals surface area contributed by atoms with Crippen LogP contribution in [0.1, 0.15) is 31.5 Å². The Labute approximate surface area is 123 Å². The highest BCUT2D eigenvalue weighted by Crippen LogP contribution is 2.38. The van der Waals surface area contributed by atoms with Crippen LogP contribution in [0.25, 0.3) is 0 Å². The normalized spacial score (nSPS) is 22.0. The number of aliphatic carboxylic acids is 1. The lowest BCUT2D eigenvalue weighted by Crippen LogP contribution is -2.34. The van der Waals surface area contributed by atoms with Crippen molar-refractivity contribution in [3.63, 3.8) is 0 Å². The van der Waals surface area contributed by atoms with Gasteiger partial charge in [0.1, 0.15) is 0 Å². The van der Waals surface area contributed by atoms with Crippen LogP contribution >= 0.6 is 0 Å². The number of rotatable bonds is 7. The van der Waals surface area contributed by atoms with Crippen molar-refractivity contribution in [1.82, 2.24) is 14.5 Å². The van der Waals surface area contributed by atoms with E-state index in [1.165, 1.54) is 0 Å². The Balaban J connectivity index is 2.34. The van der Waals surface area contributed by atoms with Gasteiger partial charge in [0.2, 0.25) is 5.91 Å². The minimum absolute atomic E-state index is 0.0288. The summed E-state index contributed by atoms with van der Waals surface area (Å²) in [5.41, 5.74) is 0.784. The third-order valence-electron chi connectivity index (χ3n) is 3.80. The molecule has 21 heavy (non-hydrogen) atoms. The predicted molar refractivity (Wildman–Crippen MR) is 74.6 cm³/mol. The number of hydrogen-bond donors (Lipinski definition) is 1. The second kappa shape index (κ2) is 6.71. The summed E-state index contributed by atoms with van der Waals surface area (Å²) < 4.78 is 6.96. The van der Waals surface area contributed by atoms with Crippen LogP contribution in [0.4, 0.5) is 0 Å². The molecule has 1 fully saturated rings. The molecular formula is C14H21N3O4. The molecule has 116 valence electrons. The van der Waals surface area contributed by atoms with Crippen molar-refractivity contribution >= 4 is 11.9 Å². The van der Waals surface area contributed by atoms with Gasteiger partial charge in [-0.3, -0.25) is 9.59 Å². The lowest BCUT2D eigenvalue weighted by atomic mass is 9.98. The van der Waals surface area contributed by atoms with Crippen molar-refractivity contribution in [3.05, 3.63) is 18.2 Å². The first-order valence-corrected chi connectivity index (χ1v) is 7.11. The van der Waals surface area contributed by atoms with Crippen molar-refractivity contribution in [2.24, 2.45) is 5.92 Å². The van der Waals surface area contributed by atoms with E-state index in [0.29, 0.717) is 13.2 Å². The molecular weight excluding hydrogens is 274 g/mol. The molecule has 0 bridgehead atoms. The van der Waals surface area contributed by atoms with Crippen LogP contribution in [0, 0.1) is 5.92 Å². The quantitative estimate of drug-likeness (QED) is 0.808. The van der Waals surface area contributed by atoms with Gasteiger partial charge in [0.05, 0.1) is 36.8 Å². The van der Waals surface area contributed by atoms with Gasteiger partial charge < -0.3 is 19.3 Å². The largest absolute Gasteiger partial charge is 0.481 e. The number of carbonyl (C=O) groups is 2. The maximum absolute atomic E-state index is 12.1. The van der Waals surface area contributed by atoms with E-state index in [-0.39, 0.29) is 12.3 Å². The molecule has 1 aromatic rings. The number of carboxylic acids is 1. The van der Waals surface area contributed by atoms with Crippen LogP contribution in [0.5, 0.6) is 0 Å². The molecule has 0 aliphatic carbocycles. The van der Waals surface area contributed by atoms with Crippen LogP contribution < -0.4 is 0 Å². The Morgan fingerprint density at radius 3 is 2.90 bits per heavy atom. The fourth-order valence-corrected chi connectivity index (χ4v) is 2.84. The first kappa shape index (κ1) is 15.5. The van der Waals surface area contributed by atoms with E-state index in [1.807, 2.05) is 11.5 Å². The summed E-state index contributed by atoms with van der Waals surface area (Å²) in [6.07, 6.45) is 4.30. The second-order valence-electron chi connectivity index (χ2n) is 5.19.